The Balaban J connectivity index is 2.62. The zero-order valence-corrected chi connectivity index (χ0v) is 4.09. The van der Waals surface area contributed by atoms with E-state index in [1.165, 1.54) is 5.01 Å². The van der Waals surface area contributed by atoms with Crippen molar-refractivity contribution in [1.29, 1.82) is 0 Å². The van der Waals surface area contributed by atoms with Crippen LogP contribution in [0.1, 0.15) is 6.42 Å². The van der Waals surface area contributed by atoms with Gasteiger partial charge in [0.1, 0.15) is 0 Å². The second kappa shape index (κ2) is 1.33. The number of rotatable bonds is 0. The van der Waals surface area contributed by atoms with Crippen LogP contribution in [0.25, 0.3) is 0 Å². The lowest BCUT2D eigenvalue weighted by Gasteiger charge is -1.98. The van der Waals surface area contributed by atoms with Gasteiger partial charge in [-0.1, -0.05) is 0 Å². The monoisotopic (exact) mass is 98.0 g/mol. The molecule has 0 aliphatic carbocycles. The Hall–Kier alpha value is -0.860. The Morgan fingerprint density at radius 2 is 2.71 bits per heavy atom. The summed E-state index contributed by atoms with van der Waals surface area (Å²) >= 11 is 0. The molecular weight excluding hydrogens is 92.1 g/mol. The summed E-state index contributed by atoms with van der Waals surface area (Å²) in [6.07, 6.45) is 2.07. The van der Waals surface area contributed by atoms with E-state index in [4.69, 9.17) is 0 Å². The van der Waals surface area contributed by atoms with Crippen molar-refractivity contribution in [2.75, 3.05) is 7.05 Å². The highest BCUT2D eigenvalue weighted by atomic mass is 16.2. The highest BCUT2D eigenvalue weighted by Gasteiger charge is 2.09. The van der Waals surface area contributed by atoms with Crippen molar-refractivity contribution in [1.82, 2.24) is 5.01 Å². The van der Waals surface area contributed by atoms with E-state index in [-0.39, 0.29) is 5.91 Å². The van der Waals surface area contributed by atoms with Crippen LogP contribution in [-0.4, -0.2) is 24.2 Å². The van der Waals surface area contributed by atoms with Gasteiger partial charge in [-0.25, -0.2) is 5.01 Å². The van der Waals surface area contributed by atoms with Crippen LogP contribution in [0.15, 0.2) is 5.10 Å². The lowest BCUT2D eigenvalue weighted by molar-refractivity contribution is -0.127. The molecule has 3 nitrogen and oxygen atoms in total. The second-order valence-electron chi connectivity index (χ2n) is 1.42. The summed E-state index contributed by atoms with van der Waals surface area (Å²) in [5.74, 6) is 0.0694. The Morgan fingerprint density at radius 3 is 2.86 bits per heavy atom. The molecule has 0 aromatic rings. The van der Waals surface area contributed by atoms with E-state index in [1.54, 1.807) is 13.3 Å². The summed E-state index contributed by atoms with van der Waals surface area (Å²) in [5.41, 5.74) is 0. The van der Waals surface area contributed by atoms with Crippen LogP contribution in [0, 0.1) is 0 Å². The molecule has 0 unspecified atom stereocenters. The van der Waals surface area contributed by atoms with Crippen LogP contribution in [0.4, 0.5) is 0 Å². The summed E-state index contributed by atoms with van der Waals surface area (Å²) in [6, 6.07) is 0. The Bertz CT molecular complexity index is 119. The first kappa shape index (κ1) is 4.30. The maximum absolute atomic E-state index is 10.4. The summed E-state index contributed by atoms with van der Waals surface area (Å²) in [4.78, 5) is 10.4. The fourth-order valence-electron chi connectivity index (χ4n) is 0.438. The predicted molar refractivity (Wildman–Crippen MR) is 25.9 cm³/mol. The number of amides is 1. The van der Waals surface area contributed by atoms with Crippen LogP contribution >= 0.6 is 0 Å². The summed E-state index contributed by atoms with van der Waals surface area (Å²) in [5, 5.41) is 5.01. The maximum atomic E-state index is 10.4. The normalized spacial score (nSPS) is 19.0. The molecule has 38 valence electrons. The van der Waals surface area contributed by atoms with Gasteiger partial charge in [0.25, 0.3) is 0 Å². The molecule has 0 aromatic heterocycles. The summed E-state index contributed by atoms with van der Waals surface area (Å²) in [7, 11) is 1.64. The summed E-state index contributed by atoms with van der Waals surface area (Å²) in [6.45, 7) is 0. The van der Waals surface area contributed by atoms with Gasteiger partial charge < -0.3 is 0 Å². The molecule has 0 radical (unpaired) electrons. The van der Waals surface area contributed by atoms with Crippen molar-refractivity contribution >= 4 is 12.1 Å². The van der Waals surface area contributed by atoms with Crippen LogP contribution in [0.2, 0.25) is 0 Å². The molecule has 1 rings (SSSR count). The molecule has 0 aromatic carbocycles. The second-order valence-corrected chi connectivity index (χ2v) is 1.42. The quantitative estimate of drug-likeness (QED) is 0.414. The fraction of sp³-hybridized carbons (Fsp3) is 0.500. The van der Waals surface area contributed by atoms with Crippen LogP contribution in [-0.2, 0) is 4.79 Å². The van der Waals surface area contributed by atoms with E-state index >= 15 is 0 Å². The van der Waals surface area contributed by atoms with Crippen molar-refractivity contribution in [3.63, 3.8) is 0 Å². The number of hydrogen-bond acceptors (Lipinski definition) is 2. The van der Waals surface area contributed by atoms with Crippen molar-refractivity contribution in [2.45, 2.75) is 6.42 Å². The third-order valence-electron chi connectivity index (χ3n) is 0.882. The first-order valence-electron chi connectivity index (χ1n) is 2.09. The van der Waals surface area contributed by atoms with Crippen LogP contribution in [0.3, 0.4) is 0 Å². The Labute approximate surface area is 41.6 Å². The molecule has 0 atom stereocenters. The van der Waals surface area contributed by atoms with Gasteiger partial charge in [0.15, 0.2) is 0 Å². The Morgan fingerprint density at radius 1 is 2.00 bits per heavy atom. The fourth-order valence-corrected chi connectivity index (χ4v) is 0.438. The van der Waals surface area contributed by atoms with E-state index in [0.717, 1.165) is 0 Å². The number of hydrogen-bond donors (Lipinski definition) is 0. The average molecular weight is 98.1 g/mol. The molecule has 1 heterocycles. The van der Waals surface area contributed by atoms with E-state index in [1.807, 2.05) is 0 Å². The molecular formula is C4H6N2O. The first-order valence-corrected chi connectivity index (χ1v) is 2.09. The molecule has 0 fully saturated rings. The third-order valence-corrected chi connectivity index (χ3v) is 0.882. The molecule has 0 bridgehead atoms. The molecule has 0 spiro atoms. The molecule has 1 aliphatic rings. The minimum atomic E-state index is 0.0694. The van der Waals surface area contributed by atoms with E-state index in [2.05, 4.69) is 5.10 Å². The Kier molecular flexibility index (Phi) is 0.817. The lowest BCUT2D eigenvalue weighted by atomic mass is 10.5. The van der Waals surface area contributed by atoms with Crippen LogP contribution in [0.5, 0.6) is 0 Å². The zero-order chi connectivity index (χ0) is 5.28. The topological polar surface area (TPSA) is 32.7 Å². The van der Waals surface area contributed by atoms with Gasteiger partial charge in [-0.2, -0.15) is 5.10 Å². The number of nitrogens with zero attached hydrogens (tertiary/aromatic N) is 2. The highest BCUT2D eigenvalue weighted by Crippen LogP contribution is 1.95. The van der Waals surface area contributed by atoms with E-state index in [0.29, 0.717) is 6.42 Å². The maximum Gasteiger partial charge on any atom is 0.247 e. The van der Waals surface area contributed by atoms with Crippen LogP contribution < -0.4 is 0 Å². The number of carbonyl (C=O) groups excluding carboxylic acids is 1. The summed E-state index contributed by atoms with van der Waals surface area (Å²) < 4.78 is 0. The van der Waals surface area contributed by atoms with E-state index < -0.39 is 0 Å². The first-order chi connectivity index (χ1) is 3.30. The molecule has 1 amide bonds. The largest absolute Gasteiger partial charge is 0.273 e. The predicted octanol–water partition coefficient (Wildman–Crippen LogP) is -0.166. The van der Waals surface area contributed by atoms with Gasteiger partial charge in [-0.05, 0) is 0 Å². The number of hydrazone groups is 1. The van der Waals surface area contributed by atoms with Crippen molar-refractivity contribution in [3.05, 3.63) is 0 Å². The zero-order valence-electron chi connectivity index (χ0n) is 4.09. The lowest BCUT2D eigenvalue weighted by Crippen LogP contribution is -2.13. The number of carbonyl (C=O) groups is 1. The molecule has 3 heteroatoms. The highest BCUT2D eigenvalue weighted by molar-refractivity contribution is 5.93. The van der Waals surface area contributed by atoms with E-state index in [9.17, 15) is 4.79 Å². The minimum absolute atomic E-state index is 0.0694. The SMILES string of the molecule is CN1N=CCC1=O. The molecule has 0 saturated carbocycles. The van der Waals surface area contributed by atoms with Crippen molar-refractivity contribution in [3.8, 4) is 0 Å². The third kappa shape index (κ3) is 0.607. The average Bonchev–Trinajstić information content (AvgIpc) is 1.91. The van der Waals surface area contributed by atoms with Gasteiger partial charge in [-0.3, -0.25) is 4.79 Å². The smallest absolute Gasteiger partial charge is 0.247 e. The molecule has 0 saturated heterocycles. The van der Waals surface area contributed by atoms with Gasteiger partial charge in [0, 0.05) is 13.3 Å². The van der Waals surface area contributed by atoms with Gasteiger partial charge >= 0.3 is 0 Å². The van der Waals surface area contributed by atoms with Gasteiger partial charge in [0.05, 0.1) is 6.42 Å². The molecule has 7 heavy (non-hydrogen) atoms. The van der Waals surface area contributed by atoms with Gasteiger partial charge in [-0.15, -0.1) is 0 Å². The standard InChI is InChI=1S/C4H6N2O/c1-6-4(7)2-3-5-6/h3H,2H2,1H3. The molecule has 0 N–H and O–H groups in total. The van der Waals surface area contributed by atoms with Crippen molar-refractivity contribution in [2.24, 2.45) is 5.10 Å². The van der Waals surface area contributed by atoms with Crippen molar-refractivity contribution < 1.29 is 4.79 Å². The minimum Gasteiger partial charge on any atom is -0.273 e. The van der Waals surface area contributed by atoms with Gasteiger partial charge in [0.2, 0.25) is 5.91 Å². The molecule has 1 aliphatic heterocycles.